The molecule has 112 valence electrons. The number of aromatic nitrogens is 1. The van der Waals surface area contributed by atoms with Crippen LogP contribution in [0, 0.1) is 5.82 Å². The topological polar surface area (TPSA) is 16.1 Å². The molecule has 0 aliphatic heterocycles. The summed E-state index contributed by atoms with van der Waals surface area (Å²) in [7, 11) is 2.03. The highest BCUT2D eigenvalue weighted by molar-refractivity contribution is 9.10. The Kier molecular flexibility index (Phi) is 4.50. The zero-order valence-electron chi connectivity index (χ0n) is 12.3. The van der Waals surface area contributed by atoms with Gasteiger partial charge in [0.15, 0.2) is 0 Å². The van der Waals surface area contributed by atoms with Crippen molar-refractivity contribution in [1.82, 2.24) is 9.88 Å². The molecule has 0 aliphatic rings. The lowest BCUT2D eigenvalue weighted by molar-refractivity contribution is 0.319. The molecule has 2 nitrogen and oxygen atoms in total. The van der Waals surface area contributed by atoms with E-state index in [1.807, 2.05) is 37.4 Å². The molecule has 0 bridgehead atoms. The Balaban J connectivity index is 1.85. The Morgan fingerprint density at radius 1 is 1.05 bits per heavy atom. The molecule has 0 atom stereocenters. The molecule has 1 aromatic heterocycles. The molecule has 0 amide bonds. The summed E-state index contributed by atoms with van der Waals surface area (Å²) in [6.07, 6.45) is 1.75. The van der Waals surface area contributed by atoms with Crippen LogP contribution in [0.15, 0.2) is 59.2 Å². The number of hydrogen-bond acceptors (Lipinski definition) is 2. The fourth-order valence-electron chi connectivity index (χ4n) is 2.61. The van der Waals surface area contributed by atoms with Gasteiger partial charge >= 0.3 is 0 Å². The average molecular weight is 359 g/mol. The third-order valence-electron chi connectivity index (χ3n) is 3.59. The first-order chi connectivity index (χ1) is 10.6. The first-order valence-electron chi connectivity index (χ1n) is 7.08. The maximum atomic E-state index is 13.8. The number of halogens is 2. The summed E-state index contributed by atoms with van der Waals surface area (Å²) < 4.78 is 14.9. The summed E-state index contributed by atoms with van der Waals surface area (Å²) in [5.74, 6) is -0.218. The van der Waals surface area contributed by atoms with Crippen molar-refractivity contribution >= 4 is 26.8 Å². The minimum atomic E-state index is -0.218. The number of nitrogens with zero attached hydrogens (tertiary/aromatic N) is 2. The van der Waals surface area contributed by atoms with E-state index in [-0.39, 0.29) is 5.82 Å². The summed E-state index contributed by atoms with van der Waals surface area (Å²) in [6.45, 7) is 1.43. The van der Waals surface area contributed by atoms with Crippen LogP contribution in [0.1, 0.15) is 11.1 Å². The molecule has 0 N–H and O–H groups in total. The fraction of sp³-hybridized carbons (Fsp3) is 0.167. The highest BCUT2D eigenvalue weighted by atomic mass is 79.9. The maximum Gasteiger partial charge on any atom is 0.124 e. The molecule has 0 radical (unpaired) electrons. The molecular weight excluding hydrogens is 343 g/mol. The summed E-state index contributed by atoms with van der Waals surface area (Å²) in [5, 5.41) is 0.840. The van der Waals surface area contributed by atoms with E-state index in [1.54, 1.807) is 12.3 Å². The van der Waals surface area contributed by atoms with Gasteiger partial charge in [-0.2, -0.15) is 0 Å². The van der Waals surface area contributed by atoms with E-state index in [2.05, 4.69) is 31.9 Å². The standard InChI is InChI=1S/C18H16BrFN2/c1-22(11-14-5-2-3-7-17(14)19)12-15-10-16(20)9-13-6-4-8-21-18(13)15/h2-10H,11-12H2,1H3. The third-order valence-corrected chi connectivity index (χ3v) is 4.36. The number of pyridine rings is 1. The quantitative estimate of drug-likeness (QED) is 0.667. The molecule has 1 heterocycles. The smallest absolute Gasteiger partial charge is 0.124 e. The first kappa shape index (κ1) is 15.1. The fourth-order valence-corrected chi connectivity index (χ4v) is 3.02. The summed E-state index contributed by atoms with van der Waals surface area (Å²) in [5.41, 5.74) is 2.98. The van der Waals surface area contributed by atoms with E-state index in [0.717, 1.165) is 27.5 Å². The van der Waals surface area contributed by atoms with Gasteiger partial charge in [-0.25, -0.2) is 4.39 Å². The van der Waals surface area contributed by atoms with Crippen molar-refractivity contribution in [1.29, 1.82) is 0 Å². The Bertz CT molecular complexity index is 804. The third kappa shape index (κ3) is 3.34. The minimum absolute atomic E-state index is 0.218. The molecule has 22 heavy (non-hydrogen) atoms. The number of hydrogen-bond donors (Lipinski definition) is 0. The molecule has 0 spiro atoms. The van der Waals surface area contributed by atoms with Crippen molar-refractivity contribution in [3.8, 4) is 0 Å². The normalized spacial score (nSPS) is 11.3. The van der Waals surface area contributed by atoms with Crippen molar-refractivity contribution in [2.24, 2.45) is 0 Å². The van der Waals surface area contributed by atoms with Gasteiger partial charge in [0.1, 0.15) is 5.82 Å². The van der Waals surface area contributed by atoms with Gasteiger partial charge in [-0.05, 0) is 42.4 Å². The van der Waals surface area contributed by atoms with E-state index < -0.39 is 0 Å². The van der Waals surface area contributed by atoms with Crippen LogP contribution < -0.4 is 0 Å². The van der Waals surface area contributed by atoms with Crippen LogP contribution in [-0.4, -0.2) is 16.9 Å². The zero-order chi connectivity index (χ0) is 15.5. The molecule has 0 saturated heterocycles. The molecule has 2 aromatic carbocycles. The number of rotatable bonds is 4. The van der Waals surface area contributed by atoms with Crippen molar-refractivity contribution in [2.45, 2.75) is 13.1 Å². The largest absolute Gasteiger partial charge is 0.298 e. The van der Waals surface area contributed by atoms with Crippen molar-refractivity contribution in [2.75, 3.05) is 7.05 Å². The Labute approximate surface area is 137 Å². The Morgan fingerprint density at radius 3 is 2.64 bits per heavy atom. The highest BCUT2D eigenvalue weighted by Crippen LogP contribution is 2.22. The van der Waals surface area contributed by atoms with Gasteiger partial charge in [0, 0.05) is 29.1 Å². The SMILES string of the molecule is CN(Cc1ccccc1Br)Cc1cc(F)cc2cccnc12. The molecule has 0 fully saturated rings. The molecule has 3 aromatic rings. The monoisotopic (exact) mass is 358 g/mol. The van der Waals surface area contributed by atoms with Gasteiger partial charge in [0.2, 0.25) is 0 Å². The molecule has 0 saturated carbocycles. The van der Waals surface area contributed by atoms with Crippen molar-refractivity contribution in [3.63, 3.8) is 0 Å². The lowest BCUT2D eigenvalue weighted by Crippen LogP contribution is -2.18. The summed E-state index contributed by atoms with van der Waals surface area (Å²) >= 11 is 3.56. The average Bonchev–Trinajstić information content (AvgIpc) is 2.49. The second-order valence-electron chi connectivity index (χ2n) is 5.40. The lowest BCUT2D eigenvalue weighted by atomic mass is 10.1. The molecule has 3 rings (SSSR count). The Morgan fingerprint density at radius 2 is 1.82 bits per heavy atom. The van der Waals surface area contributed by atoms with Gasteiger partial charge in [0.25, 0.3) is 0 Å². The van der Waals surface area contributed by atoms with E-state index in [0.29, 0.717) is 6.54 Å². The summed E-state index contributed by atoms with van der Waals surface area (Å²) in [4.78, 5) is 6.55. The van der Waals surface area contributed by atoms with Gasteiger partial charge in [-0.15, -0.1) is 0 Å². The summed E-state index contributed by atoms with van der Waals surface area (Å²) in [6, 6.07) is 15.0. The minimum Gasteiger partial charge on any atom is -0.298 e. The highest BCUT2D eigenvalue weighted by Gasteiger charge is 2.09. The first-order valence-corrected chi connectivity index (χ1v) is 7.88. The molecule has 0 aliphatic carbocycles. The maximum absolute atomic E-state index is 13.8. The van der Waals surface area contributed by atoms with Crippen LogP contribution in [0.25, 0.3) is 10.9 Å². The van der Waals surface area contributed by atoms with Crippen LogP contribution in [0.2, 0.25) is 0 Å². The van der Waals surface area contributed by atoms with Gasteiger partial charge < -0.3 is 0 Å². The molecule has 0 unspecified atom stereocenters. The predicted molar refractivity (Wildman–Crippen MR) is 91.0 cm³/mol. The van der Waals surface area contributed by atoms with Crippen LogP contribution in [0.4, 0.5) is 4.39 Å². The lowest BCUT2D eigenvalue weighted by Gasteiger charge is -2.18. The van der Waals surface area contributed by atoms with Crippen LogP contribution in [-0.2, 0) is 13.1 Å². The van der Waals surface area contributed by atoms with Gasteiger partial charge in [-0.1, -0.05) is 40.2 Å². The second-order valence-corrected chi connectivity index (χ2v) is 6.26. The van der Waals surface area contributed by atoms with E-state index in [9.17, 15) is 4.39 Å². The van der Waals surface area contributed by atoms with Crippen LogP contribution in [0.3, 0.4) is 0 Å². The molecule has 4 heteroatoms. The van der Waals surface area contributed by atoms with Crippen molar-refractivity contribution in [3.05, 3.63) is 76.1 Å². The van der Waals surface area contributed by atoms with Crippen LogP contribution in [0.5, 0.6) is 0 Å². The predicted octanol–water partition coefficient (Wildman–Crippen LogP) is 4.77. The second kappa shape index (κ2) is 6.55. The number of benzene rings is 2. The van der Waals surface area contributed by atoms with E-state index >= 15 is 0 Å². The molecular formula is C18H16BrFN2. The van der Waals surface area contributed by atoms with Crippen LogP contribution >= 0.6 is 15.9 Å². The Hall–Kier alpha value is -1.78. The van der Waals surface area contributed by atoms with Gasteiger partial charge in [-0.3, -0.25) is 9.88 Å². The zero-order valence-corrected chi connectivity index (χ0v) is 13.8. The van der Waals surface area contributed by atoms with E-state index in [1.165, 1.54) is 11.6 Å². The van der Waals surface area contributed by atoms with Gasteiger partial charge in [0.05, 0.1) is 5.52 Å². The van der Waals surface area contributed by atoms with Crippen molar-refractivity contribution < 1.29 is 4.39 Å². The number of fused-ring (bicyclic) bond motifs is 1. The van der Waals surface area contributed by atoms with E-state index in [4.69, 9.17) is 0 Å².